The minimum absolute atomic E-state index is 0.0162. The molecule has 1 amide bonds. The lowest BCUT2D eigenvalue weighted by molar-refractivity contribution is -0.118. The lowest BCUT2D eigenvalue weighted by atomic mass is 9.94. The molecule has 20 heavy (non-hydrogen) atoms. The molecular weight excluding hydrogens is 250 g/mol. The van der Waals surface area contributed by atoms with Gasteiger partial charge in [0.05, 0.1) is 5.69 Å². The third-order valence-corrected chi connectivity index (χ3v) is 4.84. The molecule has 2 N–H and O–H groups in total. The number of carbonyl (C=O) groups is 1. The van der Waals surface area contributed by atoms with Crippen LogP contribution in [0.1, 0.15) is 43.7 Å². The van der Waals surface area contributed by atoms with Crippen molar-refractivity contribution in [2.75, 3.05) is 23.9 Å². The summed E-state index contributed by atoms with van der Waals surface area (Å²) in [5, 5.41) is 0. The van der Waals surface area contributed by atoms with Crippen molar-refractivity contribution >= 4 is 17.3 Å². The molecule has 0 spiro atoms. The highest BCUT2D eigenvalue weighted by molar-refractivity contribution is 6.04. The molecule has 1 heterocycles. The normalized spacial score (nSPS) is 23.1. The van der Waals surface area contributed by atoms with E-state index >= 15 is 0 Å². The summed E-state index contributed by atoms with van der Waals surface area (Å²) in [6.07, 6.45) is 6.54. The summed E-state index contributed by atoms with van der Waals surface area (Å²) in [4.78, 5) is 16.0. The molecule has 4 heteroatoms. The highest BCUT2D eigenvalue weighted by Gasteiger charge is 2.32. The molecule has 1 aromatic rings. The maximum Gasteiger partial charge on any atom is 0.248 e. The average molecular weight is 273 g/mol. The molecule has 1 aliphatic heterocycles. The van der Waals surface area contributed by atoms with Crippen LogP contribution in [0.15, 0.2) is 18.2 Å². The van der Waals surface area contributed by atoms with Gasteiger partial charge in [-0.2, -0.15) is 0 Å². The van der Waals surface area contributed by atoms with E-state index in [1.54, 1.807) is 11.9 Å². The Morgan fingerprint density at radius 1 is 1.25 bits per heavy atom. The number of benzene rings is 1. The maximum atomic E-state index is 11.9. The van der Waals surface area contributed by atoms with E-state index < -0.39 is 6.04 Å². The second-order valence-electron chi connectivity index (χ2n) is 6.02. The maximum absolute atomic E-state index is 11.9. The van der Waals surface area contributed by atoms with Crippen LogP contribution in [0.5, 0.6) is 0 Å². The van der Waals surface area contributed by atoms with Crippen LogP contribution < -0.4 is 15.5 Å². The molecule has 1 aromatic carbocycles. The Kier molecular flexibility index (Phi) is 3.42. The SMILES string of the molecule is CN1C(=O)C(N)c2ccc(N(C)C3CCCCC3)cc21. The van der Waals surface area contributed by atoms with Crippen LogP contribution in [0, 0.1) is 0 Å². The number of likely N-dealkylation sites (N-methyl/N-ethyl adjacent to an activating group) is 1. The Labute approximate surface area is 120 Å². The number of fused-ring (bicyclic) bond motifs is 1. The Bertz CT molecular complexity index is 522. The molecule has 0 radical (unpaired) electrons. The van der Waals surface area contributed by atoms with Gasteiger partial charge in [0, 0.05) is 31.4 Å². The predicted molar refractivity (Wildman–Crippen MR) is 82.1 cm³/mol. The molecule has 1 aliphatic carbocycles. The first kappa shape index (κ1) is 13.4. The Morgan fingerprint density at radius 2 is 1.95 bits per heavy atom. The van der Waals surface area contributed by atoms with Gasteiger partial charge >= 0.3 is 0 Å². The van der Waals surface area contributed by atoms with Crippen molar-refractivity contribution in [2.24, 2.45) is 5.73 Å². The van der Waals surface area contributed by atoms with Crippen molar-refractivity contribution in [1.82, 2.24) is 0 Å². The van der Waals surface area contributed by atoms with Gasteiger partial charge in [-0.25, -0.2) is 0 Å². The fourth-order valence-corrected chi connectivity index (χ4v) is 3.44. The van der Waals surface area contributed by atoms with Crippen molar-refractivity contribution in [2.45, 2.75) is 44.2 Å². The van der Waals surface area contributed by atoms with Gasteiger partial charge in [-0.1, -0.05) is 25.3 Å². The second kappa shape index (κ2) is 5.09. The molecule has 0 aromatic heterocycles. The van der Waals surface area contributed by atoms with Gasteiger partial charge in [-0.3, -0.25) is 4.79 Å². The van der Waals surface area contributed by atoms with E-state index in [9.17, 15) is 4.79 Å². The molecule has 1 fully saturated rings. The van der Waals surface area contributed by atoms with Crippen LogP contribution in [0.3, 0.4) is 0 Å². The molecule has 1 unspecified atom stereocenters. The van der Waals surface area contributed by atoms with E-state index in [2.05, 4.69) is 24.1 Å². The molecule has 0 bridgehead atoms. The number of amides is 1. The fraction of sp³-hybridized carbons (Fsp3) is 0.562. The van der Waals surface area contributed by atoms with E-state index in [-0.39, 0.29) is 5.91 Å². The van der Waals surface area contributed by atoms with Crippen LogP contribution in [-0.2, 0) is 4.79 Å². The van der Waals surface area contributed by atoms with E-state index in [1.807, 2.05) is 6.07 Å². The smallest absolute Gasteiger partial charge is 0.248 e. The van der Waals surface area contributed by atoms with Crippen molar-refractivity contribution in [3.05, 3.63) is 23.8 Å². The van der Waals surface area contributed by atoms with Gasteiger partial charge in [0.1, 0.15) is 6.04 Å². The van der Waals surface area contributed by atoms with Crippen molar-refractivity contribution in [3.63, 3.8) is 0 Å². The lowest BCUT2D eigenvalue weighted by Gasteiger charge is -2.33. The van der Waals surface area contributed by atoms with Gasteiger partial charge in [0.2, 0.25) is 5.91 Å². The quantitative estimate of drug-likeness (QED) is 0.900. The van der Waals surface area contributed by atoms with Crippen molar-refractivity contribution in [3.8, 4) is 0 Å². The third-order valence-electron chi connectivity index (χ3n) is 4.84. The highest BCUT2D eigenvalue weighted by atomic mass is 16.2. The van der Waals surface area contributed by atoms with E-state index in [0.717, 1.165) is 11.3 Å². The number of nitrogens with two attached hydrogens (primary N) is 1. The zero-order valence-corrected chi connectivity index (χ0v) is 12.3. The molecule has 1 saturated carbocycles. The molecule has 2 aliphatic rings. The number of hydrogen-bond acceptors (Lipinski definition) is 3. The summed E-state index contributed by atoms with van der Waals surface area (Å²) in [6.45, 7) is 0. The number of anilines is 2. The Hall–Kier alpha value is -1.55. The fourth-order valence-electron chi connectivity index (χ4n) is 3.44. The number of hydrogen-bond donors (Lipinski definition) is 1. The van der Waals surface area contributed by atoms with Gasteiger partial charge in [0.15, 0.2) is 0 Å². The number of rotatable bonds is 2. The monoisotopic (exact) mass is 273 g/mol. The lowest BCUT2D eigenvalue weighted by Crippen LogP contribution is -2.33. The standard InChI is InChI=1S/C16H23N3O/c1-18(11-6-4-3-5-7-11)12-8-9-13-14(10-12)19(2)16(20)15(13)17/h8-11,15H,3-7,17H2,1-2H3. The van der Waals surface area contributed by atoms with Crippen LogP contribution >= 0.6 is 0 Å². The zero-order valence-electron chi connectivity index (χ0n) is 12.3. The Balaban J connectivity index is 1.87. The number of carbonyl (C=O) groups excluding carboxylic acids is 1. The Morgan fingerprint density at radius 3 is 2.65 bits per heavy atom. The van der Waals surface area contributed by atoms with Crippen LogP contribution in [0.25, 0.3) is 0 Å². The molecule has 108 valence electrons. The average Bonchev–Trinajstić information content (AvgIpc) is 2.72. The molecule has 3 rings (SSSR count). The van der Waals surface area contributed by atoms with Crippen LogP contribution in [0.2, 0.25) is 0 Å². The molecule has 0 saturated heterocycles. The van der Waals surface area contributed by atoms with E-state index in [0.29, 0.717) is 6.04 Å². The summed E-state index contributed by atoms with van der Waals surface area (Å²) >= 11 is 0. The van der Waals surface area contributed by atoms with Gasteiger partial charge in [-0.15, -0.1) is 0 Å². The summed E-state index contributed by atoms with van der Waals surface area (Å²) in [5.41, 5.74) is 9.03. The minimum atomic E-state index is -0.496. The number of nitrogens with zero attached hydrogens (tertiary/aromatic N) is 2. The van der Waals surface area contributed by atoms with Crippen molar-refractivity contribution < 1.29 is 4.79 Å². The first-order valence-electron chi connectivity index (χ1n) is 7.49. The molecular formula is C16H23N3O. The van der Waals surface area contributed by atoms with Gasteiger partial charge in [-0.05, 0) is 25.0 Å². The molecule has 4 nitrogen and oxygen atoms in total. The summed E-state index contributed by atoms with van der Waals surface area (Å²) in [7, 11) is 3.97. The predicted octanol–water partition coefficient (Wildman–Crippen LogP) is 2.43. The summed E-state index contributed by atoms with van der Waals surface area (Å²) < 4.78 is 0. The zero-order chi connectivity index (χ0) is 14.3. The molecule has 1 atom stereocenters. The first-order chi connectivity index (χ1) is 9.59. The van der Waals surface area contributed by atoms with E-state index in [4.69, 9.17) is 5.73 Å². The highest BCUT2D eigenvalue weighted by Crippen LogP contribution is 2.37. The summed E-state index contributed by atoms with van der Waals surface area (Å²) in [5.74, 6) is -0.0162. The van der Waals surface area contributed by atoms with Gasteiger partial charge in [0.25, 0.3) is 0 Å². The van der Waals surface area contributed by atoms with Crippen LogP contribution in [0.4, 0.5) is 11.4 Å². The first-order valence-corrected chi connectivity index (χ1v) is 7.49. The second-order valence-corrected chi connectivity index (χ2v) is 6.02. The van der Waals surface area contributed by atoms with Crippen molar-refractivity contribution in [1.29, 1.82) is 0 Å². The minimum Gasteiger partial charge on any atom is -0.372 e. The largest absolute Gasteiger partial charge is 0.372 e. The van der Waals surface area contributed by atoms with Gasteiger partial charge < -0.3 is 15.5 Å². The topological polar surface area (TPSA) is 49.6 Å². The van der Waals surface area contributed by atoms with Crippen LogP contribution in [-0.4, -0.2) is 26.0 Å². The van der Waals surface area contributed by atoms with E-state index in [1.165, 1.54) is 37.8 Å². The third kappa shape index (κ3) is 2.08. The summed E-state index contributed by atoms with van der Waals surface area (Å²) in [6, 6.07) is 6.34.